The molecule has 0 fully saturated rings. The topological polar surface area (TPSA) is 15.8 Å². The van der Waals surface area contributed by atoms with Crippen molar-refractivity contribution in [1.29, 1.82) is 0 Å². The number of thiol groups is 1. The molecule has 1 nitrogen and oxygen atoms in total. The lowest BCUT2D eigenvalue weighted by Gasteiger charge is -1.88. The van der Waals surface area contributed by atoms with Crippen molar-refractivity contribution < 1.29 is 0 Å². The minimum atomic E-state index is 0.818. The Balaban J connectivity index is 2.92. The molecule has 56 valence electrons. The summed E-state index contributed by atoms with van der Waals surface area (Å²) >= 11 is 10.8. The van der Waals surface area contributed by atoms with Crippen molar-refractivity contribution in [3.8, 4) is 0 Å². The Morgan fingerprint density at radius 3 is 3.09 bits per heavy atom. The second kappa shape index (κ2) is 2.62. The van der Waals surface area contributed by atoms with Crippen LogP contribution in [0.25, 0.3) is 10.2 Å². The van der Waals surface area contributed by atoms with Crippen LogP contribution in [-0.2, 0) is 0 Å². The van der Waals surface area contributed by atoms with Gasteiger partial charge in [-0.1, -0.05) is 0 Å². The number of fused-ring (bicyclic) bond motifs is 1. The molecule has 0 radical (unpaired) electrons. The number of benzene rings is 1. The van der Waals surface area contributed by atoms with Gasteiger partial charge in [-0.25, -0.2) is 0 Å². The maximum Gasteiger partial charge on any atom is 0.159 e. The fourth-order valence-electron chi connectivity index (χ4n) is 0.940. The highest BCUT2D eigenvalue weighted by molar-refractivity contribution is 7.80. The van der Waals surface area contributed by atoms with Crippen LogP contribution in [0.5, 0.6) is 0 Å². The summed E-state index contributed by atoms with van der Waals surface area (Å²) in [6, 6.07) is 5.96. The van der Waals surface area contributed by atoms with Gasteiger partial charge in [0.1, 0.15) is 0 Å². The highest BCUT2D eigenvalue weighted by Crippen LogP contribution is 2.21. The van der Waals surface area contributed by atoms with Gasteiger partial charge in [0.15, 0.2) is 3.95 Å². The van der Waals surface area contributed by atoms with E-state index in [9.17, 15) is 0 Å². The molecular weight excluding hydrogens is 194 g/mol. The second-order valence-corrected chi connectivity index (χ2v) is 4.43. The number of rotatable bonds is 0. The van der Waals surface area contributed by atoms with Crippen LogP contribution < -0.4 is 0 Å². The predicted molar refractivity (Wildman–Crippen MR) is 54.3 cm³/mol. The van der Waals surface area contributed by atoms with E-state index in [1.807, 2.05) is 18.2 Å². The van der Waals surface area contributed by atoms with Gasteiger partial charge in [-0.3, -0.25) is 0 Å². The molecule has 0 saturated carbocycles. The largest absolute Gasteiger partial charge is 0.337 e. The number of hydrogen-bond acceptors (Lipinski definition) is 3. The third kappa shape index (κ3) is 1.34. The van der Waals surface area contributed by atoms with E-state index in [-0.39, 0.29) is 0 Å². The monoisotopic (exact) mass is 199 g/mol. The lowest BCUT2D eigenvalue weighted by atomic mass is 10.3. The first kappa shape index (κ1) is 7.34. The summed E-state index contributed by atoms with van der Waals surface area (Å²) in [4.78, 5) is 4.04. The fourth-order valence-corrected chi connectivity index (χ4v) is 2.24. The van der Waals surface area contributed by atoms with Crippen molar-refractivity contribution >= 4 is 46.4 Å². The zero-order valence-corrected chi connectivity index (χ0v) is 8.02. The van der Waals surface area contributed by atoms with Crippen LogP contribution in [0.2, 0.25) is 0 Å². The van der Waals surface area contributed by atoms with Gasteiger partial charge in [0.2, 0.25) is 0 Å². The lowest BCUT2D eigenvalue weighted by Crippen LogP contribution is -1.66. The Bertz CT molecular complexity index is 440. The van der Waals surface area contributed by atoms with E-state index in [0.717, 1.165) is 14.4 Å². The third-order valence-electron chi connectivity index (χ3n) is 1.40. The number of H-pyrrole nitrogens is 1. The first-order chi connectivity index (χ1) is 5.25. The molecule has 1 heterocycles. The van der Waals surface area contributed by atoms with Gasteiger partial charge in [-0.15, -0.1) is 24.0 Å². The summed E-state index contributed by atoms with van der Waals surface area (Å²) in [5.41, 5.74) is 1.08. The smallest absolute Gasteiger partial charge is 0.159 e. The molecule has 0 saturated heterocycles. The Hall–Kier alpha value is -0.320. The summed E-state index contributed by atoms with van der Waals surface area (Å²) in [6.45, 7) is 0. The van der Waals surface area contributed by atoms with E-state index in [1.165, 1.54) is 4.70 Å². The van der Waals surface area contributed by atoms with Gasteiger partial charge in [-0.2, -0.15) is 0 Å². The minimum absolute atomic E-state index is 0.818. The van der Waals surface area contributed by atoms with Crippen molar-refractivity contribution in [2.45, 2.75) is 4.90 Å². The molecule has 0 aliphatic heterocycles. The van der Waals surface area contributed by atoms with Crippen LogP contribution in [0.3, 0.4) is 0 Å². The standard InChI is InChI=1S/C7H5NS3/c9-4-1-2-6-5(3-4)8-7(10)11-6/h1-3,9H,(H,8,10). The maximum absolute atomic E-state index is 4.99. The zero-order chi connectivity index (χ0) is 7.84. The molecule has 11 heavy (non-hydrogen) atoms. The summed E-state index contributed by atoms with van der Waals surface area (Å²) < 4.78 is 2.01. The fraction of sp³-hybridized carbons (Fsp3) is 0. The van der Waals surface area contributed by atoms with Crippen molar-refractivity contribution in [3.05, 3.63) is 22.2 Å². The van der Waals surface area contributed by atoms with Gasteiger partial charge in [-0.05, 0) is 30.4 Å². The lowest BCUT2D eigenvalue weighted by molar-refractivity contribution is 1.43. The number of thiazole rings is 1. The van der Waals surface area contributed by atoms with Crippen LogP contribution in [-0.4, -0.2) is 4.98 Å². The quantitative estimate of drug-likeness (QED) is 0.491. The van der Waals surface area contributed by atoms with E-state index in [4.69, 9.17) is 12.2 Å². The molecule has 0 aliphatic carbocycles. The van der Waals surface area contributed by atoms with Crippen molar-refractivity contribution in [2.24, 2.45) is 0 Å². The summed E-state index contributed by atoms with van der Waals surface area (Å²) in [5.74, 6) is 0. The molecule has 2 aromatic rings. The summed E-state index contributed by atoms with van der Waals surface area (Å²) in [7, 11) is 0. The molecule has 1 aromatic heterocycles. The molecule has 1 aromatic carbocycles. The molecule has 1 N–H and O–H groups in total. The van der Waals surface area contributed by atoms with Gasteiger partial charge >= 0.3 is 0 Å². The molecule has 0 spiro atoms. The normalized spacial score (nSPS) is 10.6. The molecule has 0 bridgehead atoms. The van der Waals surface area contributed by atoms with Crippen molar-refractivity contribution in [3.63, 3.8) is 0 Å². The number of nitrogens with one attached hydrogen (secondary N) is 1. The van der Waals surface area contributed by atoms with E-state index in [1.54, 1.807) is 11.3 Å². The summed E-state index contributed by atoms with van der Waals surface area (Å²) in [5, 5.41) is 0. The molecular formula is C7H5NS3. The minimum Gasteiger partial charge on any atom is -0.337 e. The van der Waals surface area contributed by atoms with E-state index >= 15 is 0 Å². The molecule has 4 heteroatoms. The van der Waals surface area contributed by atoms with E-state index < -0.39 is 0 Å². The summed E-state index contributed by atoms with van der Waals surface area (Å²) in [6.07, 6.45) is 0. The molecule has 0 aliphatic rings. The van der Waals surface area contributed by atoms with Gasteiger partial charge in [0, 0.05) is 4.90 Å². The molecule has 0 atom stereocenters. The first-order valence-electron chi connectivity index (χ1n) is 3.07. The van der Waals surface area contributed by atoms with Crippen molar-refractivity contribution in [1.82, 2.24) is 4.98 Å². The molecule has 2 rings (SSSR count). The van der Waals surface area contributed by atoms with Crippen LogP contribution in [0.4, 0.5) is 0 Å². The number of hydrogen-bond donors (Lipinski definition) is 2. The maximum atomic E-state index is 4.99. The average Bonchev–Trinajstić information content (AvgIpc) is 2.27. The molecule has 0 amide bonds. The van der Waals surface area contributed by atoms with Crippen LogP contribution in [0.1, 0.15) is 0 Å². The van der Waals surface area contributed by atoms with Crippen molar-refractivity contribution in [2.75, 3.05) is 0 Å². The average molecular weight is 199 g/mol. The van der Waals surface area contributed by atoms with Gasteiger partial charge in [0.05, 0.1) is 10.2 Å². The Labute approximate surface area is 78.5 Å². The van der Waals surface area contributed by atoms with Gasteiger partial charge in [0.25, 0.3) is 0 Å². The third-order valence-corrected chi connectivity index (χ3v) is 2.90. The molecule has 0 unspecified atom stereocenters. The van der Waals surface area contributed by atoms with Crippen LogP contribution >= 0.6 is 36.2 Å². The Kier molecular flexibility index (Phi) is 1.75. The highest BCUT2D eigenvalue weighted by atomic mass is 32.1. The van der Waals surface area contributed by atoms with Gasteiger partial charge < -0.3 is 4.98 Å². The first-order valence-corrected chi connectivity index (χ1v) is 4.75. The number of aromatic amines is 1. The second-order valence-electron chi connectivity index (χ2n) is 2.19. The SMILES string of the molecule is S=c1[nH]c2cc(S)ccc2s1. The van der Waals surface area contributed by atoms with E-state index in [2.05, 4.69) is 17.6 Å². The predicted octanol–water partition coefficient (Wildman–Crippen LogP) is 3.25. The van der Waals surface area contributed by atoms with Crippen LogP contribution in [0.15, 0.2) is 23.1 Å². The van der Waals surface area contributed by atoms with E-state index in [0.29, 0.717) is 0 Å². The Morgan fingerprint density at radius 1 is 1.45 bits per heavy atom. The Morgan fingerprint density at radius 2 is 2.27 bits per heavy atom. The van der Waals surface area contributed by atoms with Crippen LogP contribution in [0, 0.1) is 3.95 Å². The number of aromatic nitrogens is 1. The highest BCUT2D eigenvalue weighted by Gasteiger charge is 1.95. The zero-order valence-electron chi connectivity index (χ0n) is 5.50.